The summed E-state index contributed by atoms with van der Waals surface area (Å²) in [5.74, 6) is 0. The molecule has 4 rings (SSSR count). The first-order valence-corrected chi connectivity index (χ1v) is 8.26. The summed E-state index contributed by atoms with van der Waals surface area (Å²) < 4.78 is 2.34. The second-order valence-electron chi connectivity index (χ2n) is 5.92. The van der Waals surface area contributed by atoms with Gasteiger partial charge in [-0.05, 0) is 22.8 Å². The molecule has 0 saturated carbocycles. The summed E-state index contributed by atoms with van der Waals surface area (Å²) >= 11 is 0. The molecule has 1 aromatic heterocycles. The SMILES string of the molecule is c1ccc(Cn2ccc(-c3ccccc3)c2-c2ccccc2)cc1. The maximum absolute atomic E-state index is 2.34. The fourth-order valence-corrected chi connectivity index (χ4v) is 3.15. The van der Waals surface area contributed by atoms with Gasteiger partial charge in [0, 0.05) is 18.3 Å². The van der Waals surface area contributed by atoms with Gasteiger partial charge in [-0.25, -0.2) is 0 Å². The molecule has 0 saturated heterocycles. The molecule has 0 amide bonds. The number of hydrogen-bond acceptors (Lipinski definition) is 0. The van der Waals surface area contributed by atoms with Crippen molar-refractivity contribution in [2.75, 3.05) is 0 Å². The minimum absolute atomic E-state index is 0.873. The molecule has 0 spiro atoms. The lowest BCUT2D eigenvalue weighted by molar-refractivity contribution is 0.815. The summed E-state index contributed by atoms with van der Waals surface area (Å²) in [6, 6.07) is 34.1. The average Bonchev–Trinajstić information content (AvgIpc) is 3.07. The van der Waals surface area contributed by atoms with Crippen molar-refractivity contribution in [3.63, 3.8) is 0 Å². The van der Waals surface area contributed by atoms with Crippen LogP contribution in [0, 0.1) is 0 Å². The third kappa shape index (κ3) is 2.89. The first kappa shape index (κ1) is 14.5. The smallest absolute Gasteiger partial charge is 0.0563 e. The highest BCUT2D eigenvalue weighted by Crippen LogP contribution is 2.33. The summed E-state index contributed by atoms with van der Waals surface area (Å²) in [6.07, 6.45) is 2.19. The second-order valence-corrected chi connectivity index (χ2v) is 5.92. The Morgan fingerprint density at radius 2 is 1.08 bits per heavy atom. The number of hydrogen-bond donors (Lipinski definition) is 0. The second kappa shape index (κ2) is 6.59. The van der Waals surface area contributed by atoms with E-state index < -0.39 is 0 Å². The van der Waals surface area contributed by atoms with E-state index >= 15 is 0 Å². The molecule has 0 fully saturated rings. The van der Waals surface area contributed by atoms with Crippen LogP contribution in [0.4, 0.5) is 0 Å². The molecule has 0 radical (unpaired) electrons. The van der Waals surface area contributed by atoms with Gasteiger partial charge in [-0.3, -0.25) is 0 Å². The van der Waals surface area contributed by atoms with Gasteiger partial charge >= 0.3 is 0 Å². The van der Waals surface area contributed by atoms with Crippen LogP contribution in [0.25, 0.3) is 22.4 Å². The van der Waals surface area contributed by atoms with Crippen molar-refractivity contribution in [2.24, 2.45) is 0 Å². The zero-order valence-corrected chi connectivity index (χ0v) is 13.5. The molecule has 0 bridgehead atoms. The van der Waals surface area contributed by atoms with E-state index in [2.05, 4.69) is 108 Å². The molecule has 1 nitrogen and oxygen atoms in total. The van der Waals surface area contributed by atoms with E-state index in [0.29, 0.717) is 0 Å². The van der Waals surface area contributed by atoms with Crippen LogP contribution in [-0.2, 0) is 6.54 Å². The standard InChI is InChI=1S/C23H19N/c1-4-10-19(11-5-1)18-24-17-16-22(20-12-6-2-7-13-20)23(24)21-14-8-3-9-15-21/h1-17H,18H2. The fraction of sp³-hybridized carbons (Fsp3) is 0.0435. The molecule has 0 N–H and O–H groups in total. The highest BCUT2D eigenvalue weighted by atomic mass is 15.0. The first-order chi connectivity index (χ1) is 11.9. The predicted molar refractivity (Wildman–Crippen MR) is 101 cm³/mol. The number of rotatable bonds is 4. The van der Waals surface area contributed by atoms with Gasteiger partial charge in [0.05, 0.1) is 5.69 Å². The normalized spacial score (nSPS) is 10.7. The van der Waals surface area contributed by atoms with Crippen LogP contribution in [0.15, 0.2) is 103 Å². The van der Waals surface area contributed by atoms with E-state index in [0.717, 1.165) is 6.54 Å². The lowest BCUT2D eigenvalue weighted by Crippen LogP contribution is -2.00. The van der Waals surface area contributed by atoms with E-state index in [4.69, 9.17) is 0 Å². The van der Waals surface area contributed by atoms with Gasteiger partial charge in [-0.15, -0.1) is 0 Å². The largest absolute Gasteiger partial charge is 0.343 e. The number of benzene rings is 3. The molecular formula is C23H19N. The zero-order valence-electron chi connectivity index (χ0n) is 13.5. The third-order valence-electron chi connectivity index (χ3n) is 4.29. The number of nitrogens with zero attached hydrogens (tertiary/aromatic N) is 1. The van der Waals surface area contributed by atoms with E-state index in [1.807, 2.05) is 0 Å². The molecule has 0 aliphatic carbocycles. The lowest BCUT2D eigenvalue weighted by Gasteiger charge is -2.12. The lowest BCUT2D eigenvalue weighted by atomic mass is 10.0. The van der Waals surface area contributed by atoms with Crippen LogP contribution in [0.5, 0.6) is 0 Å². The molecule has 1 heteroatoms. The Bertz CT molecular complexity index is 906. The molecule has 3 aromatic carbocycles. The molecule has 0 aliphatic rings. The van der Waals surface area contributed by atoms with Crippen LogP contribution >= 0.6 is 0 Å². The summed E-state index contributed by atoms with van der Waals surface area (Å²) in [4.78, 5) is 0. The Morgan fingerprint density at radius 3 is 1.71 bits per heavy atom. The van der Waals surface area contributed by atoms with Crippen molar-refractivity contribution in [2.45, 2.75) is 6.54 Å². The average molecular weight is 309 g/mol. The minimum atomic E-state index is 0.873. The Morgan fingerprint density at radius 1 is 0.542 bits per heavy atom. The van der Waals surface area contributed by atoms with Crippen LogP contribution in [0.1, 0.15) is 5.56 Å². The van der Waals surface area contributed by atoms with Crippen molar-refractivity contribution in [1.82, 2.24) is 4.57 Å². The van der Waals surface area contributed by atoms with Gasteiger partial charge in [0.1, 0.15) is 0 Å². The summed E-state index contributed by atoms with van der Waals surface area (Å²) in [7, 11) is 0. The maximum Gasteiger partial charge on any atom is 0.0563 e. The molecule has 0 aliphatic heterocycles. The third-order valence-corrected chi connectivity index (χ3v) is 4.29. The van der Waals surface area contributed by atoms with Crippen molar-refractivity contribution in [1.29, 1.82) is 0 Å². The molecule has 116 valence electrons. The number of aromatic nitrogens is 1. The monoisotopic (exact) mass is 309 g/mol. The van der Waals surface area contributed by atoms with Crippen LogP contribution in [0.3, 0.4) is 0 Å². The van der Waals surface area contributed by atoms with Gasteiger partial charge < -0.3 is 4.57 Å². The van der Waals surface area contributed by atoms with Crippen molar-refractivity contribution in [3.8, 4) is 22.4 Å². The highest BCUT2D eigenvalue weighted by molar-refractivity contribution is 5.81. The Hall–Kier alpha value is -3.06. The van der Waals surface area contributed by atoms with Gasteiger partial charge in [0.2, 0.25) is 0 Å². The minimum Gasteiger partial charge on any atom is -0.343 e. The Balaban J connectivity index is 1.84. The maximum atomic E-state index is 2.34. The summed E-state index contributed by atoms with van der Waals surface area (Å²) in [6.45, 7) is 0.873. The Labute approximate surface area is 142 Å². The first-order valence-electron chi connectivity index (χ1n) is 8.26. The van der Waals surface area contributed by atoms with Crippen molar-refractivity contribution < 1.29 is 0 Å². The molecule has 0 unspecified atom stereocenters. The van der Waals surface area contributed by atoms with Crippen LogP contribution < -0.4 is 0 Å². The summed E-state index contributed by atoms with van der Waals surface area (Å²) in [5, 5.41) is 0. The van der Waals surface area contributed by atoms with Gasteiger partial charge in [-0.1, -0.05) is 91.0 Å². The van der Waals surface area contributed by atoms with E-state index in [-0.39, 0.29) is 0 Å². The van der Waals surface area contributed by atoms with Crippen molar-refractivity contribution in [3.05, 3.63) is 109 Å². The predicted octanol–water partition coefficient (Wildman–Crippen LogP) is 5.87. The molecule has 24 heavy (non-hydrogen) atoms. The Kier molecular flexibility index (Phi) is 3.99. The van der Waals surface area contributed by atoms with Gasteiger partial charge in [-0.2, -0.15) is 0 Å². The summed E-state index contributed by atoms with van der Waals surface area (Å²) in [5.41, 5.74) is 6.36. The molecule has 1 heterocycles. The van der Waals surface area contributed by atoms with E-state index in [1.165, 1.54) is 27.9 Å². The quantitative estimate of drug-likeness (QED) is 0.444. The molecule has 0 atom stereocenters. The molecule has 4 aromatic rings. The van der Waals surface area contributed by atoms with E-state index in [9.17, 15) is 0 Å². The highest BCUT2D eigenvalue weighted by Gasteiger charge is 2.13. The van der Waals surface area contributed by atoms with Gasteiger partial charge in [0.15, 0.2) is 0 Å². The van der Waals surface area contributed by atoms with Crippen LogP contribution in [0.2, 0.25) is 0 Å². The fourth-order valence-electron chi connectivity index (χ4n) is 3.15. The van der Waals surface area contributed by atoms with Gasteiger partial charge in [0.25, 0.3) is 0 Å². The van der Waals surface area contributed by atoms with Crippen LogP contribution in [-0.4, -0.2) is 4.57 Å². The van der Waals surface area contributed by atoms with E-state index in [1.54, 1.807) is 0 Å². The molecular weight excluding hydrogens is 290 g/mol. The topological polar surface area (TPSA) is 4.93 Å². The zero-order chi connectivity index (χ0) is 16.2. The van der Waals surface area contributed by atoms with Crippen molar-refractivity contribution >= 4 is 0 Å².